The van der Waals surface area contributed by atoms with E-state index in [1.807, 2.05) is 12.3 Å². The van der Waals surface area contributed by atoms with Gasteiger partial charge in [0.05, 0.1) is 19.3 Å². The van der Waals surface area contributed by atoms with Crippen LogP contribution in [0.1, 0.15) is 23.2 Å². The fourth-order valence-electron chi connectivity index (χ4n) is 3.57. The highest BCUT2D eigenvalue weighted by Gasteiger charge is 2.34. The van der Waals surface area contributed by atoms with Gasteiger partial charge in [0, 0.05) is 18.8 Å². The van der Waals surface area contributed by atoms with E-state index in [1.54, 1.807) is 6.07 Å². The van der Waals surface area contributed by atoms with Gasteiger partial charge in [0.1, 0.15) is 11.8 Å². The Kier molecular flexibility index (Phi) is 4.12. The smallest absolute Gasteiger partial charge is 0.140 e. The third-order valence-electron chi connectivity index (χ3n) is 4.80. The molecule has 24 heavy (non-hydrogen) atoms. The molecular formula is C20H19N3O. The predicted octanol–water partition coefficient (Wildman–Crippen LogP) is 3.01. The molecular weight excluding hydrogens is 298 g/mol. The van der Waals surface area contributed by atoms with E-state index in [4.69, 9.17) is 10.00 Å². The molecule has 2 aliphatic rings. The Morgan fingerprint density at radius 3 is 2.75 bits per heavy atom. The number of benzene rings is 1. The fourth-order valence-corrected chi connectivity index (χ4v) is 3.57. The first-order valence-electron chi connectivity index (χ1n) is 8.28. The zero-order valence-electron chi connectivity index (χ0n) is 13.4. The number of ether oxygens (including phenoxy) is 1. The molecule has 0 N–H and O–H groups in total. The molecule has 2 aromatic rings. The van der Waals surface area contributed by atoms with Crippen LogP contribution in [0.2, 0.25) is 0 Å². The molecule has 1 aromatic heterocycles. The zero-order chi connectivity index (χ0) is 16.4. The number of fused-ring (bicyclic) bond motifs is 2. The second-order valence-corrected chi connectivity index (χ2v) is 6.36. The number of nitriles is 1. The van der Waals surface area contributed by atoms with Gasteiger partial charge in [-0.3, -0.25) is 4.90 Å². The highest BCUT2D eigenvalue weighted by Crippen LogP contribution is 2.33. The SMILES string of the molecule is N#Cc1ccc(C2=CC3COCC(C2)N3Cc2ccccc2)cn1. The van der Waals surface area contributed by atoms with Crippen LogP contribution < -0.4 is 0 Å². The minimum atomic E-state index is 0.295. The summed E-state index contributed by atoms with van der Waals surface area (Å²) in [6.07, 6.45) is 5.08. The summed E-state index contributed by atoms with van der Waals surface area (Å²) >= 11 is 0. The third-order valence-corrected chi connectivity index (χ3v) is 4.80. The molecule has 2 atom stereocenters. The molecule has 0 amide bonds. The van der Waals surface area contributed by atoms with E-state index in [1.165, 1.54) is 11.1 Å². The number of aromatic nitrogens is 1. The summed E-state index contributed by atoms with van der Waals surface area (Å²) in [5, 5.41) is 8.89. The van der Waals surface area contributed by atoms with Crippen LogP contribution in [0.3, 0.4) is 0 Å². The van der Waals surface area contributed by atoms with Gasteiger partial charge in [-0.2, -0.15) is 5.26 Å². The van der Waals surface area contributed by atoms with E-state index in [2.05, 4.69) is 52.4 Å². The van der Waals surface area contributed by atoms with Crippen molar-refractivity contribution in [1.82, 2.24) is 9.88 Å². The van der Waals surface area contributed by atoms with E-state index >= 15 is 0 Å². The first-order valence-corrected chi connectivity index (χ1v) is 8.28. The molecule has 0 spiro atoms. The molecule has 1 fully saturated rings. The molecule has 4 heteroatoms. The normalized spacial score (nSPS) is 23.4. The van der Waals surface area contributed by atoms with Crippen molar-refractivity contribution in [3.05, 3.63) is 71.6 Å². The largest absolute Gasteiger partial charge is 0.378 e. The average Bonchev–Trinajstić information content (AvgIpc) is 2.62. The quantitative estimate of drug-likeness (QED) is 0.873. The van der Waals surface area contributed by atoms with Gasteiger partial charge in [-0.05, 0) is 29.2 Å². The Morgan fingerprint density at radius 1 is 1.17 bits per heavy atom. The van der Waals surface area contributed by atoms with Crippen LogP contribution in [0.5, 0.6) is 0 Å². The lowest BCUT2D eigenvalue weighted by atomic mass is 9.90. The highest BCUT2D eigenvalue weighted by molar-refractivity contribution is 5.67. The van der Waals surface area contributed by atoms with Crippen LogP contribution >= 0.6 is 0 Å². The second kappa shape index (κ2) is 6.56. The Hall–Kier alpha value is -2.48. The highest BCUT2D eigenvalue weighted by atomic mass is 16.5. The van der Waals surface area contributed by atoms with E-state index in [9.17, 15) is 0 Å². The number of hydrogen-bond acceptors (Lipinski definition) is 4. The van der Waals surface area contributed by atoms with Crippen molar-refractivity contribution in [2.45, 2.75) is 25.0 Å². The van der Waals surface area contributed by atoms with Crippen molar-refractivity contribution in [2.75, 3.05) is 13.2 Å². The van der Waals surface area contributed by atoms with Crippen LogP contribution in [-0.2, 0) is 11.3 Å². The van der Waals surface area contributed by atoms with Gasteiger partial charge in [0.25, 0.3) is 0 Å². The number of hydrogen-bond donors (Lipinski definition) is 0. The zero-order valence-corrected chi connectivity index (χ0v) is 13.4. The molecule has 0 radical (unpaired) electrons. The summed E-state index contributed by atoms with van der Waals surface area (Å²) in [5.74, 6) is 0. The van der Waals surface area contributed by atoms with Gasteiger partial charge in [-0.1, -0.05) is 42.5 Å². The lowest BCUT2D eigenvalue weighted by Crippen LogP contribution is -2.53. The molecule has 1 saturated heterocycles. The summed E-state index contributed by atoms with van der Waals surface area (Å²) in [6, 6.07) is 17.1. The number of rotatable bonds is 3. The standard InChI is InChI=1S/C20H19N3O/c21-10-18-7-6-16(11-22-18)17-8-19-13-24-14-20(9-17)23(19)12-15-4-2-1-3-5-15/h1-8,11,19-20H,9,12-14H2. The summed E-state index contributed by atoms with van der Waals surface area (Å²) in [6.45, 7) is 2.45. The summed E-state index contributed by atoms with van der Waals surface area (Å²) in [7, 11) is 0. The molecule has 2 unspecified atom stereocenters. The summed E-state index contributed by atoms with van der Waals surface area (Å²) in [5.41, 5.74) is 4.23. The first-order chi connectivity index (χ1) is 11.8. The first kappa shape index (κ1) is 15.1. The van der Waals surface area contributed by atoms with Crippen molar-refractivity contribution < 1.29 is 4.74 Å². The van der Waals surface area contributed by atoms with Gasteiger partial charge in [0.2, 0.25) is 0 Å². The van der Waals surface area contributed by atoms with Crippen LogP contribution in [-0.4, -0.2) is 35.2 Å². The maximum Gasteiger partial charge on any atom is 0.140 e. The van der Waals surface area contributed by atoms with E-state index in [-0.39, 0.29) is 0 Å². The van der Waals surface area contributed by atoms with Gasteiger partial charge < -0.3 is 4.74 Å². The van der Waals surface area contributed by atoms with E-state index in [0.29, 0.717) is 17.8 Å². The van der Waals surface area contributed by atoms with Crippen molar-refractivity contribution in [1.29, 1.82) is 5.26 Å². The molecule has 3 heterocycles. The number of morpholine rings is 1. The number of pyridine rings is 1. The Labute approximate surface area is 142 Å². The minimum Gasteiger partial charge on any atom is -0.378 e. The molecule has 120 valence electrons. The predicted molar refractivity (Wildman–Crippen MR) is 91.9 cm³/mol. The molecule has 0 saturated carbocycles. The molecule has 0 aliphatic carbocycles. The topological polar surface area (TPSA) is 49.1 Å². The monoisotopic (exact) mass is 317 g/mol. The average molecular weight is 317 g/mol. The summed E-state index contributed by atoms with van der Waals surface area (Å²) < 4.78 is 5.78. The maximum absolute atomic E-state index is 8.89. The fraction of sp³-hybridized carbons (Fsp3) is 0.300. The van der Waals surface area contributed by atoms with Crippen molar-refractivity contribution >= 4 is 5.57 Å². The van der Waals surface area contributed by atoms with Crippen molar-refractivity contribution in [2.24, 2.45) is 0 Å². The van der Waals surface area contributed by atoms with Crippen LogP contribution in [0.25, 0.3) is 5.57 Å². The molecule has 2 bridgehead atoms. The lowest BCUT2D eigenvalue weighted by Gasteiger charge is -2.44. The van der Waals surface area contributed by atoms with E-state index in [0.717, 1.165) is 31.7 Å². The van der Waals surface area contributed by atoms with Crippen molar-refractivity contribution in [3.63, 3.8) is 0 Å². The Balaban J connectivity index is 1.58. The van der Waals surface area contributed by atoms with Gasteiger partial charge in [-0.15, -0.1) is 0 Å². The molecule has 1 aromatic carbocycles. The lowest BCUT2D eigenvalue weighted by molar-refractivity contribution is -0.0402. The van der Waals surface area contributed by atoms with Gasteiger partial charge >= 0.3 is 0 Å². The Bertz CT molecular complexity index is 777. The van der Waals surface area contributed by atoms with Crippen LogP contribution in [0.15, 0.2) is 54.7 Å². The minimum absolute atomic E-state index is 0.295. The Morgan fingerprint density at radius 2 is 2.04 bits per heavy atom. The number of nitrogens with zero attached hydrogens (tertiary/aromatic N) is 3. The molecule has 2 aliphatic heterocycles. The van der Waals surface area contributed by atoms with Gasteiger partial charge in [0.15, 0.2) is 0 Å². The van der Waals surface area contributed by atoms with Crippen LogP contribution in [0.4, 0.5) is 0 Å². The maximum atomic E-state index is 8.89. The summed E-state index contributed by atoms with van der Waals surface area (Å²) in [4.78, 5) is 6.75. The molecule has 4 nitrogen and oxygen atoms in total. The van der Waals surface area contributed by atoms with E-state index < -0.39 is 0 Å². The second-order valence-electron chi connectivity index (χ2n) is 6.36. The third kappa shape index (κ3) is 2.96. The van der Waals surface area contributed by atoms with Crippen LogP contribution in [0, 0.1) is 11.3 Å². The molecule has 4 rings (SSSR count). The van der Waals surface area contributed by atoms with Gasteiger partial charge in [-0.25, -0.2) is 4.98 Å². The van der Waals surface area contributed by atoms with Crippen molar-refractivity contribution in [3.8, 4) is 6.07 Å².